The number of nitrogens with zero attached hydrogens (tertiary/aromatic N) is 4. The monoisotopic (exact) mass is 204 g/mol. The van der Waals surface area contributed by atoms with Gasteiger partial charge in [0, 0.05) is 18.6 Å². The van der Waals surface area contributed by atoms with E-state index in [-0.39, 0.29) is 0 Å². The Bertz CT molecular complexity index is 484. The third kappa shape index (κ3) is 1.34. The minimum absolute atomic E-state index is 0.341. The Balaban J connectivity index is 2.61. The number of nitriles is 1. The molecule has 2 aromatic heterocycles. The molecule has 5 heteroatoms. The van der Waals surface area contributed by atoms with Crippen molar-refractivity contribution in [3.63, 3.8) is 0 Å². The van der Waals surface area contributed by atoms with Gasteiger partial charge in [-0.05, 0) is 6.07 Å². The topological polar surface area (TPSA) is 54.5 Å². The van der Waals surface area contributed by atoms with Crippen molar-refractivity contribution in [3.05, 3.63) is 41.6 Å². The van der Waals surface area contributed by atoms with Gasteiger partial charge in [0.05, 0.1) is 5.56 Å². The SMILES string of the molecule is N#Cc1ccnc(-n2ccnc2)c1Cl. The molecule has 2 heterocycles. The van der Waals surface area contributed by atoms with Crippen LogP contribution >= 0.6 is 11.6 Å². The van der Waals surface area contributed by atoms with Crippen molar-refractivity contribution in [1.82, 2.24) is 14.5 Å². The first kappa shape index (κ1) is 8.73. The Morgan fingerprint density at radius 1 is 1.43 bits per heavy atom. The van der Waals surface area contributed by atoms with Gasteiger partial charge in [0.2, 0.25) is 0 Å². The molecular weight excluding hydrogens is 200 g/mol. The minimum atomic E-state index is 0.341. The van der Waals surface area contributed by atoms with Gasteiger partial charge in [-0.1, -0.05) is 11.6 Å². The Kier molecular flexibility index (Phi) is 2.17. The van der Waals surface area contributed by atoms with E-state index in [1.165, 1.54) is 0 Å². The van der Waals surface area contributed by atoms with Gasteiger partial charge in [0.25, 0.3) is 0 Å². The summed E-state index contributed by atoms with van der Waals surface area (Å²) in [7, 11) is 0. The Morgan fingerprint density at radius 2 is 2.29 bits per heavy atom. The fourth-order valence-electron chi connectivity index (χ4n) is 1.08. The quantitative estimate of drug-likeness (QED) is 0.712. The molecule has 2 aromatic rings. The number of rotatable bonds is 1. The molecule has 0 atom stereocenters. The van der Waals surface area contributed by atoms with Gasteiger partial charge in [-0.2, -0.15) is 5.26 Å². The molecule has 0 aliphatic heterocycles. The fourth-order valence-corrected chi connectivity index (χ4v) is 1.34. The van der Waals surface area contributed by atoms with E-state index in [1.807, 2.05) is 6.07 Å². The highest BCUT2D eigenvalue weighted by Gasteiger charge is 2.07. The van der Waals surface area contributed by atoms with Crippen molar-refractivity contribution < 1.29 is 0 Å². The average molecular weight is 205 g/mol. The van der Waals surface area contributed by atoms with Gasteiger partial charge < -0.3 is 0 Å². The number of halogens is 1. The van der Waals surface area contributed by atoms with Crippen LogP contribution in [0.25, 0.3) is 5.82 Å². The van der Waals surface area contributed by atoms with Gasteiger partial charge >= 0.3 is 0 Å². The van der Waals surface area contributed by atoms with E-state index >= 15 is 0 Å². The zero-order valence-electron chi connectivity index (χ0n) is 7.05. The second-order valence-electron chi connectivity index (χ2n) is 2.58. The van der Waals surface area contributed by atoms with Crippen LogP contribution in [0.1, 0.15) is 5.56 Å². The van der Waals surface area contributed by atoms with E-state index in [2.05, 4.69) is 9.97 Å². The fraction of sp³-hybridized carbons (Fsp3) is 0. The lowest BCUT2D eigenvalue weighted by Crippen LogP contribution is -1.96. The van der Waals surface area contributed by atoms with Gasteiger partial charge in [0.1, 0.15) is 17.4 Å². The number of aromatic nitrogens is 3. The minimum Gasteiger partial charge on any atom is -0.289 e. The lowest BCUT2D eigenvalue weighted by Gasteiger charge is -2.03. The molecule has 0 bridgehead atoms. The Labute approximate surface area is 85.4 Å². The molecule has 2 rings (SSSR count). The third-order valence-corrected chi connectivity index (χ3v) is 2.11. The van der Waals surface area contributed by atoms with E-state index < -0.39 is 0 Å². The first-order chi connectivity index (χ1) is 6.83. The van der Waals surface area contributed by atoms with E-state index in [9.17, 15) is 0 Å². The lowest BCUT2D eigenvalue weighted by atomic mass is 10.3. The van der Waals surface area contributed by atoms with E-state index in [0.717, 1.165) is 0 Å². The second-order valence-corrected chi connectivity index (χ2v) is 2.96. The number of hydrogen-bond acceptors (Lipinski definition) is 3. The van der Waals surface area contributed by atoms with Crippen molar-refractivity contribution in [2.45, 2.75) is 0 Å². The van der Waals surface area contributed by atoms with Gasteiger partial charge in [0.15, 0.2) is 5.82 Å². The van der Waals surface area contributed by atoms with Crippen LogP contribution < -0.4 is 0 Å². The molecule has 14 heavy (non-hydrogen) atoms. The largest absolute Gasteiger partial charge is 0.289 e. The van der Waals surface area contributed by atoms with Crippen LogP contribution in [0.5, 0.6) is 0 Å². The summed E-state index contributed by atoms with van der Waals surface area (Å²) in [5.74, 6) is 0.517. The van der Waals surface area contributed by atoms with E-state index in [1.54, 1.807) is 35.6 Å². The van der Waals surface area contributed by atoms with Crippen molar-refractivity contribution in [3.8, 4) is 11.9 Å². The molecule has 68 valence electrons. The average Bonchev–Trinajstić information content (AvgIpc) is 2.71. The van der Waals surface area contributed by atoms with E-state index in [0.29, 0.717) is 16.4 Å². The van der Waals surface area contributed by atoms with E-state index in [4.69, 9.17) is 16.9 Å². The molecular formula is C9H5ClN4. The molecule has 0 aliphatic carbocycles. The summed E-state index contributed by atoms with van der Waals surface area (Å²) < 4.78 is 1.66. The van der Waals surface area contributed by atoms with Gasteiger partial charge in [-0.25, -0.2) is 9.97 Å². The predicted octanol–water partition coefficient (Wildman–Crippen LogP) is 1.79. The van der Waals surface area contributed by atoms with Crippen LogP contribution in [0.2, 0.25) is 5.02 Å². The first-order valence-electron chi connectivity index (χ1n) is 3.86. The molecule has 0 radical (unpaired) electrons. The van der Waals surface area contributed by atoms with Crippen LogP contribution in [-0.4, -0.2) is 14.5 Å². The highest BCUT2D eigenvalue weighted by atomic mass is 35.5. The zero-order valence-corrected chi connectivity index (χ0v) is 7.81. The molecule has 0 aliphatic rings. The van der Waals surface area contributed by atoms with Gasteiger partial charge in [-0.3, -0.25) is 4.57 Å². The summed E-state index contributed by atoms with van der Waals surface area (Å²) in [5.41, 5.74) is 0.408. The molecule has 0 saturated carbocycles. The van der Waals surface area contributed by atoms with Crippen molar-refractivity contribution in [2.24, 2.45) is 0 Å². The highest BCUT2D eigenvalue weighted by molar-refractivity contribution is 6.33. The normalized spacial score (nSPS) is 9.71. The number of pyridine rings is 1. The van der Waals surface area contributed by atoms with Crippen molar-refractivity contribution in [2.75, 3.05) is 0 Å². The second kappa shape index (κ2) is 3.48. The van der Waals surface area contributed by atoms with Crippen LogP contribution in [-0.2, 0) is 0 Å². The molecule has 0 amide bonds. The molecule has 0 N–H and O–H groups in total. The Morgan fingerprint density at radius 3 is 2.93 bits per heavy atom. The molecule has 0 unspecified atom stereocenters. The van der Waals surface area contributed by atoms with Crippen LogP contribution in [0.15, 0.2) is 31.0 Å². The maximum Gasteiger partial charge on any atom is 0.158 e. The van der Waals surface area contributed by atoms with Crippen molar-refractivity contribution in [1.29, 1.82) is 5.26 Å². The molecule has 4 nitrogen and oxygen atoms in total. The molecule has 0 aromatic carbocycles. The lowest BCUT2D eigenvalue weighted by molar-refractivity contribution is 0.991. The predicted molar refractivity (Wildman–Crippen MR) is 51.1 cm³/mol. The van der Waals surface area contributed by atoms with Crippen LogP contribution in [0.4, 0.5) is 0 Å². The molecule has 0 saturated heterocycles. The zero-order chi connectivity index (χ0) is 9.97. The first-order valence-corrected chi connectivity index (χ1v) is 4.23. The molecule has 0 spiro atoms. The summed E-state index contributed by atoms with van der Waals surface area (Å²) in [6.07, 6.45) is 6.46. The summed E-state index contributed by atoms with van der Waals surface area (Å²) in [6, 6.07) is 3.56. The highest BCUT2D eigenvalue weighted by Crippen LogP contribution is 2.21. The van der Waals surface area contributed by atoms with Crippen LogP contribution in [0, 0.1) is 11.3 Å². The Hall–Kier alpha value is -1.86. The summed E-state index contributed by atoms with van der Waals surface area (Å²) in [6.45, 7) is 0. The maximum absolute atomic E-state index is 8.75. The smallest absolute Gasteiger partial charge is 0.158 e. The maximum atomic E-state index is 8.75. The number of imidazole rings is 1. The summed E-state index contributed by atoms with van der Waals surface area (Å²) >= 11 is 5.97. The number of hydrogen-bond donors (Lipinski definition) is 0. The van der Waals surface area contributed by atoms with Gasteiger partial charge in [-0.15, -0.1) is 0 Å². The standard InChI is InChI=1S/C9H5ClN4/c10-8-7(5-11)1-2-13-9(8)14-4-3-12-6-14/h1-4,6H. The van der Waals surface area contributed by atoms with Crippen LogP contribution in [0.3, 0.4) is 0 Å². The summed E-state index contributed by atoms with van der Waals surface area (Å²) in [5, 5.41) is 9.09. The summed E-state index contributed by atoms with van der Waals surface area (Å²) in [4.78, 5) is 7.95. The molecule has 0 fully saturated rings. The van der Waals surface area contributed by atoms with Crippen molar-refractivity contribution >= 4 is 11.6 Å². The third-order valence-electron chi connectivity index (χ3n) is 1.74.